The second-order valence-electron chi connectivity index (χ2n) is 2.79. The van der Waals surface area contributed by atoms with Crippen LogP contribution in [0.2, 0.25) is 0 Å². The SMILES string of the molecule is Cn1ccc(Nc2nccnc2N)n1. The van der Waals surface area contributed by atoms with Gasteiger partial charge in [-0.2, -0.15) is 5.10 Å². The summed E-state index contributed by atoms with van der Waals surface area (Å²) in [7, 11) is 1.84. The number of nitrogens with one attached hydrogen (secondary N) is 1. The number of nitrogen functional groups attached to an aromatic ring is 1. The highest BCUT2D eigenvalue weighted by Crippen LogP contribution is 2.15. The summed E-state index contributed by atoms with van der Waals surface area (Å²) in [5.74, 6) is 1.57. The van der Waals surface area contributed by atoms with Crippen LogP contribution in [-0.4, -0.2) is 19.7 Å². The fourth-order valence-corrected chi connectivity index (χ4v) is 1.05. The van der Waals surface area contributed by atoms with Crippen LogP contribution in [0.4, 0.5) is 17.5 Å². The van der Waals surface area contributed by atoms with Crippen LogP contribution in [0.3, 0.4) is 0 Å². The van der Waals surface area contributed by atoms with Crippen LogP contribution in [0.25, 0.3) is 0 Å². The first kappa shape index (κ1) is 8.49. The molecule has 0 bridgehead atoms. The summed E-state index contributed by atoms with van der Waals surface area (Å²) in [5, 5.41) is 7.09. The number of nitrogens with zero attached hydrogens (tertiary/aromatic N) is 4. The molecule has 2 aromatic heterocycles. The van der Waals surface area contributed by atoms with Gasteiger partial charge in [0, 0.05) is 31.7 Å². The normalized spacial score (nSPS) is 10.1. The summed E-state index contributed by atoms with van der Waals surface area (Å²) in [6, 6.07) is 1.83. The summed E-state index contributed by atoms with van der Waals surface area (Å²) in [6.07, 6.45) is 4.94. The Kier molecular flexibility index (Phi) is 2.02. The van der Waals surface area contributed by atoms with E-state index >= 15 is 0 Å². The minimum atomic E-state index is 0.359. The molecule has 0 radical (unpaired) electrons. The zero-order chi connectivity index (χ0) is 9.97. The van der Waals surface area contributed by atoms with E-state index in [1.165, 1.54) is 0 Å². The largest absolute Gasteiger partial charge is 0.381 e. The molecule has 0 aliphatic rings. The average Bonchev–Trinajstić information content (AvgIpc) is 2.56. The number of hydrogen-bond acceptors (Lipinski definition) is 5. The average molecular weight is 190 g/mol. The van der Waals surface area contributed by atoms with Gasteiger partial charge in [-0.15, -0.1) is 0 Å². The van der Waals surface area contributed by atoms with Crippen molar-refractivity contribution >= 4 is 17.5 Å². The topological polar surface area (TPSA) is 81.7 Å². The van der Waals surface area contributed by atoms with Crippen molar-refractivity contribution in [1.82, 2.24) is 19.7 Å². The molecule has 0 saturated heterocycles. The first-order chi connectivity index (χ1) is 6.75. The molecule has 2 heterocycles. The Morgan fingerprint density at radius 2 is 2.14 bits per heavy atom. The lowest BCUT2D eigenvalue weighted by Gasteiger charge is -2.02. The number of hydrogen-bond donors (Lipinski definition) is 2. The third-order valence-electron chi connectivity index (χ3n) is 1.69. The summed E-state index contributed by atoms with van der Waals surface area (Å²) < 4.78 is 1.69. The summed E-state index contributed by atoms with van der Waals surface area (Å²) in [4.78, 5) is 7.94. The highest BCUT2D eigenvalue weighted by molar-refractivity contribution is 5.62. The maximum Gasteiger partial charge on any atom is 0.174 e. The minimum absolute atomic E-state index is 0.359. The van der Waals surface area contributed by atoms with Crippen molar-refractivity contribution in [3.63, 3.8) is 0 Å². The molecule has 0 unspecified atom stereocenters. The Morgan fingerprint density at radius 3 is 2.79 bits per heavy atom. The molecular weight excluding hydrogens is 180 g/mol. The van der Waals surface area contributed by atoms with Gasteiger partial charge >= 0.3 is 0 Å². The Balaban J connectivity index is 2.23. The maximum absolute atomic E-state index is 5.60. The predicted octanol–water partition coefficient (Wildman–Crippen LogP) is 0.536. The third kappa shape index (κ3) is 1.63. The van der Waals surface area contributed by atoms with E-state index in [4.69, 9.17) is 5.73 Å². The van der Waals surface area contributed by atoms with Gasteiger partial charge in [-0.3, -0.25) is 4.68 Å². The molecule has 0 aliphatic heterocycles. The lowest BCUT2D eigenvalue weighted by atomic mass is 10.5. The Hall–Kier alpha value is -2.11. The van der Waals surface area contributed by atoms with E-state index in [2.05, 4.69) is 20.4 Å². The predicted molar refractivity (Wildman–Crippen MR) is 52.9 cm³/mol. The maximum atomic E-state index is 5.60. The molecule has 6 heteroatoms. The quantitative estimate of drug-likeness (QED) is 0.722. The molecule has 0 saturated carbocycles. The smallest absolute Gasteiger partial charge is 0.174 e. The number of aromatic nitrogens is 4. The van der Waals surface area contributed by atoms with Crippen molar-refractivity contribution < 1.29 is 0 Å². The van der Waals surface area contributed by atoms with E-state index in [1.54, 1.807) is 17.1 Å². The molecule has 0 aromatic carbocycles. The Bertz CT molecular complexity index is 435. The molecule has 14 heavy (non-hydrogen) atoms. The van der Waals surface area contributed by atoms with E-state index in [1.807, 2.05) is 19.3 Å². The highest BCUT2D eigenvalue weighted by atomic mass is 15.3. The molecule has 0 atom stereocenters. The van der Waals surface area contributed by atoms with Crippen LogP contribution in [0.1, 0.15) is 0 Å². The van der Waals surface area contributed by atoms with Crippen molar-refractivity contribution in [3.05, 3.63) is 24.7 Å². The van der Waals surface area contributed by atoms with Crippen molar-refractivity contribution in [2.24, 2.45) is 7.05 Å². The van der Waals surface area contributed by atoms with Crippen LogP contribution >= 0.6 is 0 Å². The first-order valence-corrected chi connectivity index (χ1v) is 4.09. The van der Waals surface area contributed by atoms with Gasteiger partial charge in [0.2, 0.25) is 0 Å². The summed E-state index contributed by atoms with van der Waals surface area (Å²) in [5.41, 5.74) is 5.60. The first-order valence-electron chi connectivity index (χ1n) is 4.09. The number of aryl methyl sites for hydroxylation is 1. The fraction of sp³-hybridized carbons (Fsp3) is 0.125. The van der Waals surface area contributed by atoms with Gasteiger partial charge in [-0.05, 0) is 0 Å². The van der Waals surface area contributed by atoms with E-state index in [-0.39, 0.29) is 0 Å². The number of rotatable bonds is 2. The molecule has 0 aliphatic carbocycles. The molecule has 0 fully saturated rings. The van der Waals surface area contributed by atoms with Crippen molar-refractivity contribution in [2.75, 3.05) is 11.1 Å². The minimum Gasteiger partial charge on any atom is -0.381 e. The zero-order valence-corrected chi connectivity index (χ0v) is 7.68. The fourth-order valence-electron chi connectivity index (χ4n) is 1.05. The van der Waals surface area contributed by atoms with Gasteiger partial charge in [-0.25, -0.2) is 9.97 Å². The molecular formula is C8H10N6. The van der Waals surface area contributed by atoms with Gasteiger partial charge in [0.15, 0.2) is 17.5 Å². The molecule has 2 rings (SSSR count). The van der Waals surface area contributed by atoms with Gasteiger partial charge in [0.05, 0.1) is 0 Å². The molecule has 0 spiro atoms. The van der Waals surface area contributed by atoms with Crippen molar-refractivity contribution in [3.8, 4) is 0 Å². The van der Waals surface area contributed by atoms with Gasteiger partial charge < -0.3 is 11.1 Å². The molecule has 72 valence electrons. The van der Waals surface area contributed by atoms with Crippen LogP contribution in [-0.2, 0) is 7.05 Å². The summed E-state index contributed by atoms with van der Waals surface area (Å²) >= 11 is 0. The summed E-state index contributed by atoms with van der Waals surface area (Å²) in [6.45, 7) is 0. The van der Waals surface area contributed by atoms with Gasteiger partial charge in [0.25, 0.3) is 0 Å². The van der Waals surface area contributed by atoms with E-state index < -0.39 is 0 Å². The molecule has 6 nitrogen and oxygen atoms in total. The van der Waals surface area contributed by atoms with Gasteiger partial charge in [-0.1, -0.05) is 0 Å². The molecule has 3 N–H and O–H groups in total. The van der Waals surface area contributed by atoms with Crippen molar-refractivity contribution in [2.45, 2.75) is 0 Å². The van der Waals surface area contributed by atoms with Crippen LogP contribution < -0.4 is 11.1 Å². The lowest BCUT2D eigenvalue weighted by Crippen LogP contribution is -2.01. The number of nitrogens with two attached hydrogens (primary N) is 1. The van der Waals surface area contributed by atoms with E-state index in [0.29, 0.717) is 17.5 Å². The highest BCUT2D eigenvalue weighted by Gasteiger charge is 2.02. The Labute approximate surface area is 80.8 Å². The zero-order valence-electron chi connectivity index (χ0n) is 7.68. The third-order valence-corrected chi connectivity index (χ3v) is 1.69. The standard InChI is InChI=1S/C8H10N6/c1-14-5-2-6(13-14)12-8-7(9)10-3-4-11-8/h2-5H,1H3,(H2,9,10)(H,11,12,13). The van der Waals surface area contributed by atoms with Crippen LogP contribution in [0.15, 0.2) is 24.7 Å². The van der Waals surface area contributed by atoms with E-state index in [0.717, 1.165) is 0 Å². The molecule has 2 aromatic rings. The van der Waals surface area contributed by atoms with Crippen LogP contribution in [0.5, 0.6) is 0 Å². The second kappa shape index (κ2) is 3.33. The lowest BCUT2D eigenvalue weighted by molar-refractivity contribution is 0.771. The molecule has 0 amide bonds. The van der Waals surface area contributed by atoms with Gasteiger partial charge in [0.1, 0.15) is 0 Å². The van der Waals surface area contributed by atoms with E-state index in [9.17, 15) is 0 Å². The number of anilines is 3. The second-order valence-corrected chi connectivity index (χ2v) is 2.79. The van der Waals surface area contributed by atoms with Crippen molar-refractivity contribution in [1.29, 1.82) is 0 Å². The Morgan fingerprint density at radius 1 is 1.36 bits per heavy atom. The van der Waals surface area contributed by atoms with Crippen LogP contribution in [0, 0.1) is 0 Å². The monoisotopic (exact) mass is 190 g/mol.